The van der Waals surface area contributed by atoms with E-state index in [0.29, 0.717) is 17.7 Å². The van der Waals surface area contributed by atoms with Gasteiger partial charge in [-0.25, -0.2) is 4.39 Å². The molecule has 0 unspecified atom stereocenters. The van der Waals surface area contributed by atoms with Crippen molar-refractivity contribution in [1.82, 2.24) is 30.5 Å². The third-order valence-electron chi connectivity index (χ3n) is 6.91. The number of fused-ring (bicyclic) bond motifs is 1. The van der Waals surface area contributed by atoms with E-state index in [2.05, 4.69) is 25.7 Å². The Morgan fingerprint density at radius 1 is 1.11 bits per heavy atom. The molecule has 1 aliphatic rings. The topological polar surface area (TPSA) is 106 Å². The number of carbonyl (C=O) groups excluding carboxylic acids is 2. The summed E-state index contributed by atoms with van der Waals surface area (Å²) < 4.78 is 13.3. The average Bonchev–Trinajstić information content (AvgIpc) is 3.40. The van der Waals surface area contributed by atoms with E-state index in [1.165, 1.54) is 28.2 Å². The van der Waals surface area contributed by atoms with Crippen LogP contribution in [0.25, 0.3) is 22.3 Å². The molecule has 4 aromatic rings. The molecule has 2 amide bonds. The standard InChI is InChI=1S/C28H30FN7O2/c1-2-25(28(38)31-22-9-4-3-5-10-22)36(23-16-20-8-6-7-11-24(20)30-17-23)26(37)18-35-33-27(32-34-35)19-12-14-21(29)15-13-19/h6-8,11-17,22,25H,2-5,9-10,18H2,1H3,(H,31,38)/t25-/m0/s1. The van der Waals surface area contributed by atoms with Crippen molar-refractivity contribution in [2.24, 2.45) is 0 Å². The number of amides is 2. The highest BCUT2D eigenvalue weighted by molar-refractivity contribution is 6.01. The lowest BCUT2D eigenvalue weighted by Gasteiger charge is -2.32. The number of hydrogen-bond acceptors (Lipinski definition) is 6. The molecule has 9 nitrogen and oxygen atoms in total. The molecule has 2 aromatic carbocycles. The van der Waals surface area contributed by atoms with Gasteiger partial charge in [-0.1, -0.05) is 44.4 Å². The molecule has 0 aliphatic heterocycles. The van der Waals surface area contributed by atoms with Crippen LogP contribution in [0.4, 0.5) is 10.1 Å². The molecule has 0 radical (unpaired) electrons. The monoisotopic (exact) mass is 515 g/mol. The SMILES string of the molecule is CC[C@@H](C(=O)NC1CCCCC1)N(C(=O)Cn1nnc(-c2ccc(F)cc2)n1)c1cnc2ccccc2c1. The highest BCUT2D eigenvalue weighted by Gasteiger charge is 2.32. The average molecular weight is 516 g/mol. The van der Waals surface area contributed by atoms with Gasteiger partial charge in [0.1, 0.15) is 18.4 Å². The van der Waals surface area contributed by atoms with Gasteiger partial charge in [-0.2, -0.15) is 4.80 Å². The van der Waals surface area contributed by atoms with Crippen molar-refractivity contribution < 1.29 is 14.0 Å². The quantitative estimate of drug-likeness (QED) is 0.375. The highest BCUT2D eigenvalue weighted by atomic mass is 19.1. The lowest BCUT2D eigenvalue weighted by Crippen LogP contribution is -2.53. The van der Waals surface area contributed by atoms with Crippen molar-refractivity contribution >= 4 is 28.4 Å². The zero-order valence-corrected chi connectivity index (χ0v) is 21.3. The summed E-state index contributed by atoms with van der Waals surface area (Å²) >= 11 is 0. The number of anilines is 1. The predicted molar refractivity (Wildman–Crippen MR) is 142 cm³/mol. The third kappa shape index (κ3) is 5.69. The zero-order valence-electron chi connectivity index (χ0n) is 21.3. The molecule has 0 saturated heterocycles. The van der Waals surface area contributed by atoms with Crippen molar-refractivity contribution in [1.29, 1.82) is 0 Å². The minimum absolute atomic E-state index is 0.118. The largest absolute Gasteiger partial charge is 0.352 e. The first-order chi connectivity index (χ1) is 18.5. The van der Waals surface area contributed by atoms with Crippen LogP contribution in [-0.2, 0) is 16.1 Å². The van der Waals surface area contributed by atoms with Gasteiger partial charge in [0.2, 0.25) is 11.7 Å². The van der Waals surface area contributed by atoms with Crippen LogP contribution in [0.15, 0.2) is 60.8 Å². The molecular formula is C28H30FN7O2. The maximum absolute atomic E-state index is 13.8. The van der Waals surface area contributed by atoms with Crippen LogP contribution in [-0.4, -0.2) is 49.1 Å². The van der Waals surface area contributed by atoms with Gasteiger partial charge in [0.05, 0.1) is 17.4 Å². The lowest BCUT2D eigenvalue weighted by atomic mass is 9.95. The maximum Gasteiger partial charge on any atom is 0.251 e. The fourth-order valence-corrected chi connectivity index (χ4v) is 4.94. The van der Waals surface area contributed by atoms with Crippen LogP contribution in [0.1, 0.15) is 45.4 Å². The number of nitrogens with one attached hydrogen (secondary N) is 1. The number of para-hydroxylation sites is 1. The molecule has 0 spiro atoms. The lowest BCUT2D eigenvalue weighted by molar-refractivity contribution is -0.127. The van der Waals surface area contributed by atoms with Gasteiger partial charge >= 0.3 is 0 Å². The van der Waals surface area contributed by atoms with Crippen molar-refractivity contribution in [3.05, 3.63) is 66.6 Å². The summed E-state index contributed by atoms with van der Waals surface area (Å²) in [6.45, 7) is 1.66. The highest BCUT2D eigenvalue weighted by Crippen LogP contribution is 2.25. The molecule has 1 aliphatic carbocycles. The molecular weight excluding hydrogens is 485 g/mol. The van der Waals surface area contributed by atoms with Crippen molar-refractivity contribution in [3.8, 4) is 11.4 Å². The van der Waals surface area contributed by atoms with E-state index in [0.717, 1.165) is 36.6 Å². The Bertz CT molecular complexity index is 1420. The molecule has 196 valence electrons. The molecule has 1 atom stereocenters. The van der Waals surface area contributed by atoms with Gasteiger partial charge in [0.25, 0.3) is 5.91 Å². The predicted octanol–water partition coefficient (Wildman–Crippen LogP) is 4.29. The summed E-state index contributed by atoms with van der Waals surface area (Å²) in [6, 6.07) is 14.6. The Morgan fingerprint density at radius 2 is 1.87 bits per heavy atom. The Labute approximate surface area is 220 Å². The number of hydrogen-bond donors (Lipinski definition) is 1. The van der Waals surface area contributed by atoms with Crippen LogP contribution in [0.5, 0.6) is 0 Å². The Balaban J connectivity index is 1.43. The van der Waals surface area contributed by atoms with Crippen molar-refractivity contribution in [3.63, 3.8) is 0 Å². The van der Waals surface area contributed by atoms with Crippen LogP contribution >= 0.6 is 0 Å². The molecule has 5 rings (SSSR count). The number of nitrogens with zero attached hydrogens (tertiary/aromatic N) is 6. The van der Waals surface area contributed by atoms with E-state index in [1.807, 2.05) is 37.3 Å². The Hall–Kier alpha value is -4.21. The maximum atomic E-state index is 13.8. The first-order valence-electron chi connectivity index (χ1n) is 13.0. The zero-order chi connectivity index (χ0) is 26.5. The number of pyridine rings is 1. The van der Waals surface area contributed by atoms with Gasteiger partial charge in [-0.15, -0.1) is 10.2 Å². The Morgan fingerprint density at radius 3 is 2.63 bits per heavy atom. The summed E-state index contributed by atoms with van der Waals surface area (Å²) in [5.41, 5.74) is 1.91. The van der Waals surface area contributed by atoms with Gasteiger partial charge in [-0.05, 0) is 60.9 Å². The fourth-order valence-electron chi connectivity index (χ4n) is 4.94. The summed E-state index contributed by atoms with van der Waals surface area (Å²) in [6.07, 6.45) is 7.30. The molecule has 10 heteroatoms. The number of carbonyl (C=O) groups is 2. The van der Waals surface area contributed by atoms with Crippen molar-refractivity contribution in [2.45, 2.75) is 64.1 Å². The Kier molecular flexibility index (Phi) is 7.67. The van der Waals surface area contributed by atoms with Gasteiger partial charge in [0, 0.05) is 17.0 Å². The van der Waals surface area contributed by atoms with Gasteiger partial charge < -0.3 is 5.32 Å². The summed E-state index contributed by atoms with van der Waals surface area (Å²) in [5, 5.41) is 16.4. The first kappa shape index (κ1) is 25.4. The smallest absolute Gasteiger partial charge is 0.251 e. The number of tetrazole rings is 1. The van der Waals surface area contributed by atoms with Gasteiger partial charge in [-0.3, -0.25) is 19.5 Å². The minimum Gasteiger partial charge on any atom is -0.352 e. The third-order valence-corrected chi connectivity index (χ3v) is 6.91. The molecule has 2 aromatic heterocycles. The van der Waals surface area contributed by atoms with E-state index >= 15 is 0 Å². The van der Waals surface area contributed by atoms with Crippen LogP contribution < -0.4 is 10.2 Å². The van der Waals surface area contributed by atoms with E-state index in [-0.39, 0.29) is 36.0 Å². The second kappa shape index (κ2) is 11.5. The number of benzene rings is 2. The molecule has 2 heterocycles. The number of halogens is 1. The number of rotatable bonds is 8. The van der Waals surface area contributed by atoms with Crippen LogP contribution in [0, 0.1) is 5.82 Å². The van der Waals surface area contributed by atoms with Crippen LogP contribution in [0.3, 0.4) is 0 Å². The van der Waals surface area contributed by atoms with E-state index in [4.69, 9.17) is 0 Å². The molecule has 38 heavy (non-hydrogen) atoms. The first-order valence-corrected chi connectivity index (χ1v) is 13.0. The fraction of sp³-hybridized carbons (Fsp3) is 0.357. The molecule has 1 N–H and O–H groups in total. The minimum atomic E-state index is -0.729. The molecule has 0 bridgehead atoms. The number of aromatic nitrogens is 5. The second-order valence-electron chi connectivity index (χ2n) is 9.57. The van der Waals surface area contributed by atoms with E-state index < -0.39 is 6.04 Å². The van der Waals surface area contributed by atoms with Crippen molar-refractivity contribution in [2.75, 3.05) is 4.90 Å². The summed E-state index contributed by atoms with van der Waals surface area (Å²) in [7, 11) is 0. The summed E-state index contributed by atoms with van der Waals surface area (Å²) in [5.74, 6) is -0.637. The normalized spacial score (nSPS) is 14.8. The molecule has 1 fully saturated rings. The second-order valence-corrected chi connectivity index (χ2v) is 9.57. The summed E-state index contributed by atoms with van der Waals surface area (Å²) in [4.78, 5) is 34.5. The molecule has 1 saturated carbocycles. The van der Waals surface area contributed by atoms with E-state index in [1.54, 1.807) is 18.3 Å². The van der Waals surface area contributed by atoms with E-state index in [9.17, 15) is 14.0 Å². The van der Waals surface area contributed by atoms with Crippen LogP contribution in [0.2, 0.25) is 0 Å². The van der Waals surface area contributed by atoms with Gasteiger partial charge in [0.15, 0.2) is 0 Å².